The van der Waals surface area contributed by atoms with Crippen molar-refractivity contribution >= 4 is 11.3 Å². The Labute approximate surface area is 109 Å². The van der Waals surface area contributed by atoms with Gasteiger partial charge < -0.3 is 5.73 Å². The Bertz CT molecular complexity index is 359. The second kappa shape index (κ2) is 5.51. The van der Waals surface area contributed by atoms with Crippen molar-refractivity contribution in [2.24, 2.45) is 11.7 Å². The van der Waals surface area contributed by atoms with Crippen LogP contribution >= 0.6 is 11.3 Å². The SMILES string of the molecule is CCc1ccc(C(C)N2CCC(C(C)N)C2)s1. The number of aryl methyl sites for hydroxylation is 1. The molecule has 0 amide bonds. The Morgan fingerprint density at radius 3 is 2.76 bits per heavy atom. The van der Waals surface area contributed by atoms with Crippen molar-refractivity contribution in [3.63, 3.8) is 0 Å². The first-order chi connectivity index (χ1) is 8.11. The Hall–Kier alpha value is -0.380. The van der Waals surface area contributed by atoms with E-state index < -0.39 is 0 Å². The van der Waals surface area contributed by atoms with E-state index in [-0.39, 0.29) is 0 Å². The van der Waals surface area contributed by atoms with Gasteiger partial charge >= 0.3 is 0 Å². The summed E-state index contributed by atoms with van der Waals surface area (Å²) < 4.78 is 0. The van der Waals surface area contributed by atoms with Crippen LogP contribution in [-0.4, -0.2) is 24.0 Å². The molecule has 1 aliphatic rings. The van der Waals surface area contributed by atoms with Crippen molar-refractivity contribution in [1.29, 1.82) is 0 Å². The standard InChI is InChI=1S/C14H24N2S/c1-4-13-5-6-14(17-13)11(3)16-8-7-12(9-16)10(2)15/h5-6,10-12H,4,7-9,15H2,1-3H3. The lowest BCUT2D eigenvalue weighted by atomic mass is 10.0. The van der Waals surface area contributed by atoms with Gasteiger partial charge in [0.05, 0.1) is 0 Å². The zero-order valence-corrected chi connectivity index (χ0v) is 12.0. The molecule has 96 valence electrons. The maximum Gasteiger partial charge on any atom is 0.0413 e. The van der Waals surface area contributed by atoms with E-state index in [1.165, 1.54) is 22.7 Å². The molecule has 1 fully saturated rings. The molecule has 2 N–H and O–H groups in total. The van der Waals surface area contributed by atoms with Crippen LogP contribution in [0.4, 0.5) is 0 Å². The van der Waals surface area contributed by atoms with E-state index in [0.29, 0.717) is 18.0 Å². The summed E-state index contributed by atoms with van der Waals surface area (Å²) in [6.07, 6.45) is 2.41. The molecule has 1 aromatic rings. The summed E-state index contributed by atoms with van der Waals surface area (Å²) in [4.78, 5) is 5.58. The van der Waals surface area contributed by atoms with Gasteiger partial charge in [-0.3, -0.25) is 4.90 Å². The first-order valence-corrected chi connectivity index (χ1v) is 7.51. The van der Waals surface area contributed by atoms with Crippen LogP contribution < -0.4 is 5.73 Å². The maximum absolute atomic E-state index is 6.00. The highest BCUT2D eigenvalue weighted by Crippen LogP contribution is 2.32. The molecule has 2 nitrogen and oxygen atoms in total. The van der Waals surface area contributed by atoms with E-state index in [2.05, 4.69) is 37.8 Å². The molecule has 1 saturated heterocycles. The molecular formula is C14H24N2S. The zero-order valence-electron chi connectivity index (χ0n) is 11.1. The van der Waals surface area contributed by atoms with E-state index in [9.17, 15) is 0 Å². The molecule has 0 bridgehead atoms. The van der Waals surface area contributed by atoms with Gasteiger partial charge in [0.25, 0.3) is 0 Å². The molecule has 2 heterocycles. The molecule has 0 aliphatic carbocycles. The second-order valence-corrected chi connectivity index (χ2v) is 6.44. The number of hydrogen-bond donors (Lipinski definition) is 1. The van der Waals surface area contributed by atoms with Gasteiger partial charge in [0, 0.05) is 28.4 Å². The lowest BCUT2D eigenvalue weighted by Crippen LogP contribution is -2.30. The molecule has 1 aromatic heterocycles. The maximum atomic E-state index is 6.00. The minimum absolute atomic E-state index is 0.335. The molecule has 2 rings (SSSR count). The number of likely N-dealkylation sites (tertiary alicyclic amines) is 1. The van der Waals surface area contributed by atoms with Gasteiger partial charge in [-0.05, 0) is 51.3 Å². The Kier molecular flexibility index (Phi) is 4.23. The first kappa shape index (κ1) is 13.1. The average molecular weight is 252 g/mol. The molecule has 0 saturated carbocycles. The third-order valence-electron chi connectivity index (χ3n) is 3.99. The van der Waals surface area contributed by atoms with E-state index >= 15 is 0 Å². The number of rotatable bonds is 4. The molecule has 0 radical (unpaired) electrons. The fourth-order valence-corrected chi connectivity index (χ4v) is 3.62. The van der Waals surface area contributed by atoms with E-state index in [4.69, 9.17) is 5.73 Å². The van der Waals surface area contributed by atoms with Crippen LogP contribution in [-0.2, 0) is 6.42 Å². The molecular weight excluding hydrogens is 228 g/mol. The predicted molar refractivity (Wildman–Crippen MR) is 75.4 cm³/mol. The normalized spacial score (nSPS) is 25.1. The summed E-state index contributed by atoms with van der Waals surface area (Å²) >= 11 is 1.96. The lowest BCUT2D eigenvalue weighted by Gasteiger charge is -2.24. The number of hydrogen-bond acceptors (Lipinski definition) is 3. The van der Waals surface area contributed by atoms with Gasteiger partial charge in [0.1, 0.15) is 0 Å². The minimum atomic E-state index is 0.335. The van der Waals surface area contributed by atoms with Gasteiger partial charge in [-0.1, -0.05) is 6.92 Å². The average Bonchev–Trinajstić information content (AvgIpc) is 2.97. The second-order valence-electron chi connectivity index (χ2n) is 5.24. The predicted octanol–water partition coefficient (Wildman–Crippen LogP) is 3.04. The Morgan fingerprint density at radius 1 is 1.47 bits per heavy atom. The van der Waals surface area contributed by atoms with E-state index in [1.54, 1.807) is 0 Å². The summed E-state index contributed by atoms with van der Waals surface area (Å²) in [6, 6.07) is 5.47. The molecule has 3 atom stereocenters. The number of thiophene rings is 1. The van der Waals surface area contributed by atoms with Crippen LogP contribution in [0.5, 0.6) is 0 Å². The lowest BCUT2D eigenvalue weighted by molar-refractivity contribution is 0.251. The van der Waals surface area contributed by atoms with Gasteiger partial charge in [0.15, 0.2) is 0 Å². The quantitative estimate of drug-likeness (QED) is 0.892. The van der Waals surface area contributed by atoms with Gasteiger partial charge in [-0.25, -0.2) is 0 Å². The monoisotopic (exact) mass is 252 g/mol. The minimum Gasteiger partial charge on any atom is -0.328 e. The number of nitrogens with zero attached hydrogens (tertiary/aromatic N) is 1. The van der Waals surface area contributed by atoms with Crippen molar-refractivity contribution in [1.82, 2.24) is 4.90 Å². The smallest absolute Gasteiger partial charge is 0.0413 e. The van der Waals surface area contributed by atoms with Gasteiger partial charge in [0.2, 0.25) is 0 Å². The van der Waals surface area contributed by atoms with Gasteiger partial charge in [-0.15, -0.1) is 11.3 Å². The molecule has 3 unspecified atom stereocenters. The Morgan fingerprint density at radius 2 is 2.24 bits per heavy atom. The summed E-state index contributed by atoms with van der Waals surface area (Å²) in [5.41, 5.74) is 6.00. The molecule has 1 aliphatic heterocycles. The van der Waals surface area contributed by atoms with Crippen LogP contribution in [0.15, 0.2) is 12.1 Å². The summed E-state index contributed by atoms with van der Waals surface area (Å²) in [6.45, 7) is 9.06. The number of nitrogens with two attached hydrogens (primary N) is 1. The summed E-state index contributed by atoms with van der Waals surface area (Å²) in [7, 11) is 0. The van der Waals surface area contributed by atoms with Gasteiger partial charge in [-0.2, -0.15) is 0 Å². The molecule has 17 heavy (non-hydrogen) atoms. The third-order valence-corrected chi connectivity index (χ3v) is 5.39. The molecule has 0 aromatic carbocycles. The van der Waals surface area contributed by atoms with Crippen LogP contribution in [0, 0.1) is 5.92 Å². The highest BCUT2D eigenvalue weighted by Gasteiger charge is 2.29. The van der Waals surface area contributed by atoms with Crippen molar-refractivity contribution in [2.45, 2.75) is 45.7 Å². The topological polar surface area (TPSA) is 29.3 Å². The zero-order chi connectivity index (χ0) is 12.4. The van der Waals surface area contributed by atoms with E-state index in [0.717, 1.165) is 13.0 Å². The van der Waals surface area contributed by atoms with Crippen molar-refractivity contribution < 1.29 is 0 Å². The fourth-order valence-electron chi connectivity index (χ4n) is 2.59. The summed E-state index contributed by atoms with van der Waals surface area (Å²) in [5.74, 6) is 0.683. The largest absolute Gasteiger partial charge is 0.328 e. The highest BCUT2D eigenvalue weighted by molar-refractivity contribution is 7.12. The molecule has 0 spiro atoms. The van der Waals surface area contributed by atoms with Crippen molar-refractivity contribution in [2.75, 3.05) is 13.1 Å². The third kappa shape index (κ3) is 2.90. The van der Waals surface area contributed by atoms with Crippen molar-refractivity contribution in [3.05, 3.63) is 21.9 Å². The first-order valence-electron chi connectivity index (χ1n) is 6.70. The van der Waals surface area contributed by atoms with Crippen LogP contribution in [0.1, 0.15) is 43.0 Å². The van der Waals surface area contributed by atoms with Crippen LogP contribution in [0.3, 0.4) is 0 Å². The Balaban J connectivity index is 1.99. The van der Waals surface area contributed by atoms with E-state index in [1.807, 2.05) is 11.3 Å². The molecule has 3 heteroatoms. The summed E-state index contributed by atoms with van der Waals surface area (Å²) in [5, 5.41) is 0. The highest BCUT2D eigenvalue weighted by atomic mass is 32.1. The van der Waals surface area contributed by atoms with Crippen LogP contribution in [0.2, 0.25) is 0 Å². The van der Waals surface area contributed by atoms with Crippen LogP contribution in [0.25, 0.3) is 0 Å². The fraction of sp³-hybridized carbons (Fsp3) is 0.714. The van der Waals surface area contributed by atoms with Crippen molar-refractivity contribution in [3.8, 4) is 0 Å².